The van der Waals surface area contributed by atoms with Crippen LogP contribution in [0.15, 0.2) is 34.0 Å². The number of hydrogen-bond acceptors (Lipinski definition) is 3. The highest BCUT2D eigenvalue weighted by Crippen LogP contribution is 2.29. The molecule has 2 rings (SSSR count). The molecule has 0 saturated carbocycles. The fraction of sp³-hybridized carbons (Fsp3) is 0.167. The van der Waals surface area contributed by atoms with Crippen LogP contribution in [0.1, 0.15) is 5.69 Å². The zero-order valence-electron chi connectivity index (χ0n) is 9.93. The van der Waals surface area contributed by atoms with Crippen LogP contribution in [0.25, 0.3) is 5.69 Å². The molecule has 1 heterocycles. The van der Waals surface area contributed by atoms with Gasteiger partial charge in [0.2, 0.25) is 0 Å². The van der Waals surface area contributed by atoms with E-state index in [1.54, 1.807) is 12.1 Å². The van der Waals surface area contributed by atoms with E-state index in [2.05, 4.69) is 20.9 Å². The van der Waals surface area contributed by atoms with Gasteiger partial charge in [0.1, 0.15) is 0 Å². The van der Waals surface area contributed by atoms with Crippen LogP contribution in [-0.4, -0.2) is 26.4 Å². The third kappa shape index (κ3) is 3.52. The SMILES string of the molecule is Cc1cn(-c2cc(Cl)ccc2Br)c(SCC(=O)O)n1. The predicted octanol–water partition coefficient (Wildman–Crippen LogP) is 3.77. The van der Waals surface area contributed by atoms with Crippen molar-refractivity contribution >= 4 is 45.3 Å². The molecule has 0 aliphatic heterocycles. The number of nitrogens with zero attached hydrogens (tertiary/aromatic N) is 2. The van der Waals surface area contributed by atoms with Crippen LogP contribution in [0.4, 0.5) is 0 Å². The third-order valence-electron chi connectivity index (χ3n) is 2.29. The summed E-state index contributed by atoms with van der Waals surface area (Å²) in [5.41, 5.74) is 1.65. The van der Waals surface area contributed by atoms with Gasteiger partial charge in [0.15, 0.2) is 5.16 Å². The Kier molecular flexibility index (Phi) is 4.54. The molecule has 2 aromatic rings. The lowest BCUT2D eigenvalue weighted by atomic mass is 10.3. The number of benzene rings is 1. The first-order valence-corrected chi connectivity index (χ1v) is 7.49. The van der Waals surface area contributed by atoms with Gasteiger partial charge in [0, 0.05) is 15.7 Å². The van der Waals surface area contributed by atoms with E-state index >= 15 is 0 Å². The van der Waals surface area contributed by atoms with Crippen molar-refractivity contribution in [3.8, 4) is 5.69 Å². The van der Waals surface area contributed by atoms with Crippen molar-refractivity contribution in [3.63, 3.8) is 0 Å². The lowest BCUT2D eigenvalue weighted by Gasteiger charge is -2.09. The minimum absolute atomic E-state index is 0.0331. The molecule has 0 amide bonds. The quantitative estimate of drug-likeness (QED) is 0.842. The zero-order valence-corrected chi connectivity index (χ0v) is 13.1. The standard InChI is InChI=1S/C12H10BrClN2O2S/c1-7-5-16(12(15-7)19-6-11(17)18)10-4-8(14)2-3-9(10)13/h2-5H,6H2,1H3,(H,17,18). The van der Waals surface area contributed by atoms with Crippen molar-refractivity contribution < 1.29 is 9.90 Å². The number of halogens is 2. The summed E-state index contributed by atoms with van der Waals surface area (Å²) in [4.78, 5) is 15.0. The third-order valence-corrected chi connectivity index (χ3v) is 4.13. The molecule has 19 heavy (non-hydrogen) atoms. The largest absolute Gasteiger partial charge is 0.481 e. The highest BCUT2D eigenvalue weighted by Gasteiger charge is 2.12. The maximum absolute atomic E-state index is 10.7. The molecule has 0 radical (unpaired) electrons. The number of hydrogen-bond donors (Lipinski definition) is 1. The van der Waals surface area contributed by atoms with E-state index < -0.39 is 5.97 Å². The molecule has 1 aromatic heterocycles. The van der Waals surface area contributed by atoms with Crippen molar-refractivity contribution in [2.24, 2.45) is 0 Å². The van der Waals surface area contributed by atoms with Gasteiger partial charge in [-0.1, -0.05) is 23.4 Å². The fourth-order valence-electron chi connectivity index (χ4n) is 1.55. The van der Waals surface area contributed by atoms with E-state index in [9.17, 15) is 4.79 Å². The molecule has 0 unspecified atom stereocenters. The molecule has 0 saturated heterocycles. The summed E-state index contributed by atoms with van der Waals surface area (Å²) in [6.07, 6.45) is 1.85. The molecule has 0 atom stereocenters. The molecule has 0 aliphatic rings. The molecular formula is C12H10BrClN2O2S. The van der Waals surface area contributed by atoms with Crippen LogP contribution in [0.2, 0.25) is 5.02 Å². The minimum atomic E-state index is -0.873. The van der Waals surface area contributed by atoms with Crippen molar-refractivity contribution in [1.29, 1.82) is 0 Å². The lowest BCUT2D eigenvalue weighted by Crippen LogP contribution is -2.01. The summed E-state index contributed by atoms with van der Waals surface area (Å²) in [7, 11) is 0. The molecular weight excluding hydrogens is 352 g/mol. The van der Waals surface area contributed by atoms with Gasteiger partial charge < -0.3 is 5.11 Å². The molecule has 0 bridgehead atoms. The van der Waals surface area contributed by atoms with Crippen LogP contribution < -0.4 is 0 Å². The maximum atomic E-state index is 10.7. The number of rotatable bonds is 4. The van der Waals surface area contributed by atoms with Gasteiger partial charge in [0.05, 0.1) is 17.1 Å². The Balaban J connectivity index is 2.43. The Labute approximate surface area is 127 Å². The van der Waals surface area contributed by atoms with Gasteiger partial charge >= 0.3 is 5.97 Å². The van der Waals surface area contributed by atoms with E-state index in [-0.39, 0.29) is 5.75 Å². The van der Waals surface area contributed by atoms with E-state index in [0.717, 1.165) is 15.9 Å². The molecule has 0 spiro atoms. The van der Waals surface area contributed by atoms with Crippen molar-refractivity contribution in [2.45, 2.75) is 12.1 Å². The molecule has 1 aromatic carbocycles. The van der Waals surface area contributed by atoms with E-state index in [0.29, 0.717) is 10.2 Å². The lowest BCUT2D eigenvalue weighted by molar-refractivity contribution is -0.133. The second-order valence-electron chi connectivity index (χ2n) is 3.81. The van der Waals surface area contributed by atoms with Crippen LogP contribution in [-0.2, 0) is 4.79 Å². The predicted molar refractivity (Wildman–Crippen MR) is 79.4 cm³/mol. The summed E-state index contributed by atoms with van der Waals surface area (Å²) in [6.45, 7) is 1.86. The number of imidazole rings is 1. The number of aromatic nitrogens is 2. The van der Waals surface area contributed by atoms with E-state index in [1.807, 2.05) is 23.8 Å². The second kappa shape index (κ2) is 5.98. The Morgan fingerprint density at radius 1 is 1.58 bits per heavy atom. The van der Waals surface area contributed by atoms with Crippen LogP contribution in [0.3, 0.4) is 0 Å². The maximum Gasteiger partial charge on any atom is 0.313 e. The van der Waals surface area contributed by atoms with Gasteiger partial charge in [-0.3, -0.25) is 9.36 Å². The van der Waals surface area contributed by atoms with Gasteiger partial charge in [-0.25, -0.2) is 4.98 Å². The summed E-state index contributed by atoms with van der Waals surface area (Å²) in [5, 5.41) is 9.99. The average molecular weight is 362 g/mol. The highest BCUT2D eigenvalue weighted by atomic mass is 79.9. The van der Waals surface area contributed by atoms with Crippen molar-refractivity contribution in [3.05, 3.63) is 39.6 Å². The smallest absolute Gasteiger partial charge is 0.313 e. The Hall–Kier alpha value is -0.980. The van der Waals surface area contributed by atoms with Crippen molar-refractivity contribution in [2.75, 3.05) is 5.75 Å². The Morgan fingerprint density at radius 2 is 2.32 bits per heavy atom. The topological polar surface area (TPSA) is 55.1 Å². The molecule has 100 valence electrons. The summed E-state index contributed by atoms with van der Waals surface area (Å²) in [6, 6.07) is 5.43. The van der Waals surface area contributed by atoms with Gasteiger partial charge in [-0.2, -0.15) is 0 Å². The number of carboxylic acid groups (broad SMARTS) is 1. The summed E-state index contributed by atoms with van der Waals surface area (Å²) >= 11 is 10.6. The molecule has 1 N–H and O–H groups in total. The molecule has 4 nitrogen and oxygen atoms in total. The van der Waals surface area contributed by atoms with Gasteiger partial charge in [-0.05, 0) is 41.1 Å². The number of thioether (sulfide) groups is 1. The molecule has 7 heteroatoms. The second-order valence-corrected chi connectivity index (χ2v) is 6.05. The Morgan fingerprint density at radius 3 is 3.00 bits per heavy atom. The normalized spacial score (nSPS) is 10.7. The first-order chi connectivity index (χ1) is 8.97. The monoisotopic (exact) mass is 360 g/mol. The number of carbonyl (C=O) groups is 1. The van der Waals surface area contributed by atoms with Crippen LogP contribution >= 0.6 is 39.3 Å². The van der Waals surface area contributed by atoms with Crippen LogP contribution in [0.5, 0.6) is 0 Å². The number of aryl methyl sites for hydroxylation is 1. The first-order valence-electron chi connectivity index (χ1n) is 5.33. The number of carboxylic acids is 1. The van der Waals surface area contributed by atoms with Crippen LogP contribution in [0, 0.1) is 6.92 Å². The zero-order chi connectivity index (χ0) is 14.0. The van der Waals surface area contributed by atoms with E-state index in [1.165, 1.54) is 11.8 Å². The first kappa shape index (κ1) is 14.4. The fourth-order valence-corrected chi connectivity index (χ4v) is 2.90. The average Bonchev–Trinajstić information content (AvgIpc) is 2.71. The van der Waals surface area contributed by atoms with Gasteiger partial charge in [0.25, 0.3) is 0 Å². The van der Waals surface area contributed by atoms with E-state index in [4.69, 9.17) is 16.7 Å². The van der Waals surface area contributed by atoms with Crippen molar-refractivity contribution in [1.82, 2.24) is 9.55 Å². The van der Waals surface area contributed by atoms with Gasteiger partial charge in [-0.15, -0.1) is 0 Å². The molecule has 0 fully saturated rings. The Bertz CT molecular complexity index is 630. The minimum Gasteiger partial charge on any atom is -0.481 e. The summed E-state index contributed by atoms with van der Waals surface area (Å²) < 4.78 is 2.70. The number of aliphatic carboxylic acids is 1. The molecule has 0 aliphatic carbocycles. The summed E-state index contributed by atoms with van der Waals surface area (Å²) in [5.74, 6) is -0.906. The highest BCUT2D eigenvalue weighted by molar-refractivity contribution is 9.10.